The molecule has 1 heteroatoms. The molecule has 1 aliphatic rings. The Kier molecular flexibility index (Phi) is 6.27. The Morgan fingerprint density at radius 3 is 1.62 bits per heavy atom. The van der Waals surface area contributed by atoms with Gasteiger partial charge in [-0.3, -0.25) is 0 Å². The van der Waals surface area contributed by atoms with Crippen LogP contribution in [0.5, 0.6) is 0 Å². The van der Waals surface area contributed by atoms with Crippen molar-refractivity contribution in [2.45, 2.75) is 19.3 Å². The van der Waals surface area contributed by atoms with E-state index in [1.54, 1.807) is 0 Å². The molecule has 0 fully saturated rings. The number of hydrogen-bond acceptors (Lipinski definition) is 1. The lowest BCUT2D eigenvalue weighted by molar-refractivity contribution is 0.661. The lowest BCUT2D eigenvalue weighted by atomic mass is 9.82. The fourth-order valence-corrected chi connectivity index (χ4v) is 10.3. The number of rotatable bonds is 3. The summed E-state index contributed by atoms with van der Waals surface area (Å²) >= 11 is 1.90. The van der Waals surface area contributed by atoms with Crippen LogP contribution in [0.3, 0.4) is 0 Å². The van der Waals surface area contributed by atoms with Gasteiger partial charge in [0.25, 0.3) is 0 Å². The second-order valence-electron chi connectivity index (χ2n) is 14.8. The summed E-state index contributed by atoms with van der Waals surface area (Å²) in [4.78, 5) is 0. The molecule has 10 aromatic rings. The fraction of sp³-hybridized carbons (Fsp3) is 0.0588. The highest BCUT2D eigenvalue weighted by molar-refractivity contribution is 7.26. The number of hydrogen-bond donors (Lipinski definition) is 0. The van der Waals surface area contributed by atoms with E-state index in [0.717, 1.165) is 0 Å². The summed E-state index contributed by atoms with van der Waals surface area (Å²) in [5.74, 6) is 0. The SMILES string of the molecule is CC1(C)c2ccc(-c3ccc(-c4c5ccccc5c(-c5ccc6ccccc6c5)c5ccccc45)cc3)cc2-c2c1ccc1sc3ccccc3c21. The minimum Gasteiger partial charge on any atom is -0.135 e. The molecule has 0 saturated heterocycles. The summed E-state index contributed by atoms with van der Waals surface area (Å²) < 4.78 is 2.72. The Morgan fingerprint density at radius 1 is 0.365 bits per heavy atom. The zero-order valence-electron chi connectivity index (χ0n) is 29.1. The molecular formula is C51H34S. The van der Waals surface area contributed by atoms with Crippen molar-refractivity contribution in [3.8, 4) is 44.5 Å². The van der Waals surface area contributed by atoms with Gasteiger partial charge in [-0.2, -0.15) is 0 Å². The van der Waals surface area contributed by atoms with Crippen molar-refractivity contribution in [3.05, 3.63) is 181 Å². The summed E-state index contributed by atoms with van der Waals surface area (Å²) in [6.45, 7) is 4.76. The first kappa shape index (κ1) is 29.7. The summed E-state index contributed by atoms with van der Waals surface area (Å²) in [6.07, 6.45) is 0. The quantitative estimate of drug-likeness (QED) is 0.163. The highest BCUT2D eigenvalue weighted by atomic mass is 32.1. The van der Waals surface area contributed by atoms with E-state index in [4.69, 9.17) is 0 Å². The van der Waals surface area contributed by atoms with E-state index in [0.29, 0.717) is 0 Å². The molecule has 52 heavy (non-hydrogen) atoms. The predicted octanol–water partition coefficient (Wildman–Crippen LogP) is 14.8. The molecule has 1 aromatic heterocycles. The minimum absolute atomic E-state index is 0.0502. The second kappa shape index (κ2) is 11.0. The lowest BCUT2D eigenvalue weighted by Gasteiger charge is -2.21. The average Bonchev–Trinajstić information content (AvgIpc) is 3.68. The van der Waals surface area contributed by atoms with Crippen LogP contribution in [0, 0.1) is 0 Å². The zero-order valence-corrected chi connectivity index (χ0v) is 29.9. The van der Waals surface area contributed by atoms with Crippen LogP contribution in [0.15, 0.2) is 170 Å². The number of benzene rings is 9. The molecule has 0 saturated carbocycles. The molecule has 0 bridgehead atoms. The van der Waals surface area contributed by atoms with Crippen LogP contribution in [0.1, 0.15) is 25.0 Å². The van der Waals surface area contributed by atoms with Crippen molar-refractivity contribution >= 4 is 63.8 Å². The molecule has 244 valence electrons. The number of fused-ring (bicyclic) bond motifs is 10. The van der Waals surface area contributed by atoms with Gasteiger partial charge >= 0.3 is 0 Å². The smallest absolute Gasteiger partial charge is 0.0361 e. The first-order valence-corrected chi connectivity index (χ1v) is 19.0. The molecule has 1 aliphatic carbocycles. The Morgan fingerprint density at radius 2 is 0.904 bits per heavy atom. The highest BCUT2D eigenvalue weighted by Crippen LogP contribution is 2.54. The highest BCUT2D eigenvalue weighted by Gasteiger charge is 2.37. The monoisotopic (exact) mass is 678 g/mol. The molecule has 0 amide bonds. The van der Waals surface area contributed by atoms with Crippen molar-refractivity contribution in [2.75, 3.05) is 0 Å². The maximum Gasteiger partial charge on any atom is 0.0361 e. The van der Waals surface area contributed by atoms with Gasteiger partial charge in [0.05, 0.1) is 0 Å². The predicted molar refractivity (Wildman–Crippen MR) is 226 cm³/mol. The van der Waals surface area contributed by atoms with Crippen LogP contribution < -0.4 is 0 Å². The Hall–Kier alpha value is -6.02. The lowest BCUT2D eigenvalue weighted by Crippen LogP contribution is -2.14. The van der Waals surface area contributed by atoms with Crippen molar-refractivity contribution in [1.29, 1.82) is 0 Å². The molecule has 0 aliphatic heterocycles. The topological polar surface area (TPSA) is 0 Å². The van der Waals surface area contributed by atoms with E-state index < -0.39 is 0 Å². The molecular weight excluding hydrogens is 645 g/mol. The first-order valence-electron chi connectivity index (χ1n) is 18.2. The number of thiophene rings is 1. The first-order chi connectivity index (χ1) is 25.5. The van der Waals surface area contributed by atoms with Gasteiger partial charge < -0.3 is 0 Å². The molecule has 0 spiro atoms. The van der Waals surface area contributed by atoms with Gasteiger partial charge in [0.15, 0.2) is 0 Å². The van der Waals surface area contributed by atoms with Crippen molar-refractivity contribution in [1.82, 2.24) is 0 Å². The molecule has 11 rings (SSSR count). The van der Waals surface area contributed by atoms with E-state index in [1.165, 1.54) is 108 Å². The molecule has 0 unspecified atom stereocenters. The largest absolute Gasteiger partial charge is 0.135 e. The third kappa shape index (κ3) is 4.21. The van der Waals surface area contributed by atoms with Crippen LogP contribution in [0.25, 0.3) is 97.0 Å². The van der Waals surface area contributed by atoms with Gasteiger partial charge in [-0.15, -0.1) is 11.3 Å². The summed E-state index contributed by atoms with van der Waals surface area (Å²) in [6, 6.07) is 63.5. The van der Waals surface area contributed by atoms with Crippen molar-refractivity contribution in [3.63, 3.8) is 0 Å². The maximum absolute atomic E-state index is 2.45. The van der Waals surface area contributed by atoms with Crippen molar-refractivity contribution < 1.29 is 0 Å². The fourth-order valence-electron chi connectivity index (χ4n) is 9.16. The molecule has 1 heterocycles. The van der Waals surface area contributed by atoms with Gasteiger partial charge in [-0.25, -0.2) is 0 Å². The van der Waals surface area contributed by atoms with E-state index in [-0.39, 0.29) is 5.41 Å². The maximum atomic E-state index is 2.45. The van der Waals surface area contributed by atoms with Crippen molar-refractivity contribution in [2.24, 2.45) is 0 Å². The standard InChI is InChI=1S/C51H34S/c1-51(2)43-26-25-35(30-42(43)49-44(51)27-28-46-50(49)41-17-9-10-18-45(41)52-46)32-19-22-33(23-20-32)47-37-13-5-7-15-39(37)48(40-16-8-6-14-38(40)47)36-24-21-31-11-3-4-12-34(31)29-36/h3-30H,1-2H3. The van der Waals surface area contributed by atoms with Gasteiger partial charge in [0, 0.05) is 25.6 Å². The normalized spacial score (nSPS) is 13.3. The summed E-state index contributed by atoms with van der Waals surface area (Å²) in [5.41, 5.74) is 13.1. The second-order valence-corrected chi connectivity index (χ2v) is 15.9. The Bertz CT molecular complexity index is 3030. The third-order valence-electron chi connectivity index (χ3n) is 11.7. The van der Waals surface area contributed by atoms with Gasteiger partial charge in [0.2, 0.25) is 0 Å². The van der Waals surface area contributed by atoms with Crippen LogP contribution >= 0.6 is 11.3 Å². The van der Waals surface area contributed by atoms with Gasteiger partial charge in [0.1, 0.15) is 0 Å². The molecule has 0 N–H and O–H groups in total. The van der Waals surface area contributed by atoms with E-state index in [1.807, 2.05) is 11.3 Å². The third-order valence-corrected chi connectivity index (χ3v) is 12.8. The van der Waals surface area contributed by atoms with E-state index in [9.17, 15) is 0 Å². The average molecular weight is 679 g/mol. The van der Waals surface area contributed by atoms with Crippen LogP contribution in [-0.4, -0.2) is 0 Å². The van der Waals surface area contributed by atoms with Crippen LogP contribution in [0.4, 0.5) is 0 Å². The Labute approximate surface area is 307 Å². The molecule has 0 radical (unpaired) electrons. The Balaban J connectivity index is 1.07. The summed E-state index contributed by atoms with van der Waals surface area (Å²) in [5, 5.41) is 10.4. The van der Waals surface area contributed by atoms with Gasteiger partial charge in [-0.05, 0) is 112 Å². The van der Waals surface area contributed by atoms with Crippen LogP contribution in [0.2, 0.25) is 0 Å². The van der Waals surface area contributed by atoms with E-state index in [2.05, 4.69) is 184 Å². The molecule has 0 atom stereocenters. The van der Waals surface area contributed by atoms with Gasteiger partial charge in [-0.1, -0.05) is 159 Å². The zero-order chi connectivity index (χ0) is 34.6. The minimum atomic E-state index is -0.0502. The summed E-state index contributed by atoms with van der Waals surface area (Å²) in [7, 11) is 0. The molecule has 9 aromatic carbocycles. The van der Waals surface area contributed by atoms with E-state index >= 15 is 0 Å². The van der Waals surface area contributed by atoms with Crippen LogP contribution in [-0.2, 0) is 5.41 Å². The molecule has 0 nitrogen and oxygen atoms in total.